The molecule has 0 radical (unpaired) electrons. The summed E-state index contributed by atoms with van der Waals surface area (Å²) in [5.41, 5.74) is 5.28. The van der Waals surface area contributed by atoms with Gasteiger partial charge >= 0.3 is 6.18 Å². The molecular formula is C11H10F3N. The maximum atomic E-state index is 12.6. The second kappa shape index (κ2) is 3.81. The lowest BCUT2D eigenvalue weighted by Crippen LogP contribution is -2.09. The van der Waals surface area contributed by atoms with Gasteiger partial charge in [-0.15, -0.1) is 0 Å². The number of anilines is 1. The molecule has 0 saturated carbocycles. The van der Waals surface area contributed by atoms with Crippen molar-refractivity contribution in [3.05, 3.63) is 42.0 Å². The third-order valence-electron chi connectivity index (χ3n) is 2.03. The van der Waals surface area contributed by atoms with E-state index in [0.717, 1.165) is 12.1 Å². The highest BCUT2D eigenvalue weighted by Crippen LogP contribution is 2.36. The Balaban J connectivity index is 3.56. The fourth-order valence-corrected chi connectivity index (χ4v) is 1.35. The summed E-state index contributed by atoms with van der Waals surface area (Å²) < 4.78 is 37.7. The molecule has 0 aromatic heterocycles. The molecule has 0 unspecified atom stereocenters. The van der Waals surface area contributed by atoms with Crippen molar-refractivity contribution in [3.8, 4) is 0 Å². The van der Waals surface area contributed by atoms with Crippen LogP contribution in [-0.2, 0) is 6.18 Å². The minimum atomic E-state index is -4.41. The first kappa shape index (κ1) is 11.4. The van der Waals surface area contributed by atoms with E-state index in [-0.39, 0.29) is 16.8 Å². The Bertz CT molecular complexity index is 405. The van der Waals surface area contributed by atoms with Crippen LogP contribution in [0.5, 0.6) is 0 Å². The van der Waals surface area contributed by atoms with Gasteiger partial charge in [0, 0.05) is 11.3 Å². The number of nitrogen functional groups attached to an aromatic ring is 1. The zero-order chi connectivity index (χ0) is 11.6. The van der Waals surface area contributed by atoms with Crippen molar-refractivity contribution in [3.63, 3.8) is 0 Å². The molecule has 1 rings (SSSR count). The number of alkyl halides is 3. The monoisotopic (exact) mass is 213 g/mol. The number of hydrogen-bond donors (Lipinski definition) is 1. The van der Waals surface area contributed by atoms with E-state index < -0.39 is 11.7 Å². The standard InChI is InChI=1S/C11H10F3N/c1-3-7-8(4-2)10(15)6-5-9(7)11(12,13)14/h3-6H,1-2,15H2. The van der Waals surface area contributed by atoms with Crippen LogP contribution in [0.2, 0.25) is 0 Å². The molecule has 4 heteroatoms. The predicted molar refractivity (Wildman–Crippen MR) is 56.0 cm³/mol. The van der Waals surface area contributed by atoms with Gasteiger partial charge in [-0.2, -0.15) is 13.2 Å². The van der Waals surface area contributed by atoms with Crippen molar-refractivity contribution in [2.24, 2.45) is 0 Å². The van der Waals surface area contributed by atoms with Crippen molar-refractivity contribution < 1.29 is 13.2 Å². The highest BCUT2D eigenvalue weighted by Gasteiger charge is 2.33. The van der Waals surface area contributed by atoms with Crippen LogP contribution in [0.25, 0.3) is 12.2 Å². The lowest BCUT2D eigenvalue weighted by Gasteiger charge is -2.14. The SMILES string of the molecule is C=Cc1c(N)ccc(C(F)(F)F)c1C=C. The van der Waals surface area contributed by atoms with E-state index in [4.69, 9.17) is 5.73 Å². The summed E-state index contributed by atoms with van der Waals surface area (Å²) in [4.78, 5) is 0. The van der Waals surface area contributed by atoms with Crippen molar-refractivity contribution in [1.82, 2.24) is 0 Å². The summed E-state index contributed by atoms with van der Waals surface area (Å²) in [5, 5.41) is 0. The van der Waals surface area contributed by atoms with Crippen LogP contribution in [0.15, 0.2) is 25.3 Å². The highest BCUT2D eigenvalue weighted by molar-refractivity contribution is 5.75. The van der Waals surface area contributed by atoms with Gasteiger partial charge in [-0.05, 0) is 17.7 Å². The summed E-state index contributed by atoms with van der Waals surface area (Å²) in [6.45, 7) is 6.78. The van der Waals surface area contributed by atoms with Gasteiger partial charge in [0.25, 0.3) is 0 Å². The van der Waals surface area contributed by atoms with Crippen LogP contribution in [0.1, 0.15) is 16.7 Å². The van der Waals surface area contributed by atoms with Crippen LogP contribution in [-0.4, -0.2) is 0 Å². The van der Waals surface area contributed by atoms with Gasteiger partial charge in [-0.25, -0.2) is 0 Å². The lowest BCUT2D eigenvalue weighted by molar-refractivity contribution is -0.137. The van der Waals surface area contributed by atoms with Gasteiger partial charge in [0.1, 0.15) is 0 Å². The van der Waals surface area contributed by atoms with Crippen LogP contribution >= 0.6 is 0 Å². The van der Waals surface area contributed by atoms with E-state index in [1.807, 2.05) is 0 Å². The smallest absolute Gasteiger partial charge is 0.398 e. The molecule has 1 nitrogen and oxygen atoms in total. The molecule has 0 fully saturated rings. The van der Waals surface area contributed by atoms with Crippen molar-refractivity contribution in [2.45, 2.75) is 6.18 Å². The molecule has 15 heavy (non-hydrogen) atoms. The number of rotatable bonds is 2. The van der Waals surface area contributed by atoms with E-state index in [9.17, 15) is 13.2 Å². The molecular weight excluding hydrogens is 203 g/mol. The first-order valence-corrected chi connectivity index (χ1v) is 4.16. The Morgan fingerprint density at radius 1 is 1.07 bits per heavy atom. The topological polar surface area (TPSA) is 26.0 Å². The third kappa shape index (κ3) is 2.03. The Morgan fingerprint density at radius 3 is 2.00 bits per heavy atom. The molecule has 1 aromatic carbocycles. The number of nitrogens with two attached hydrogens (primary N) is 1. The van der Waals surface area contributed by atoms with Gasteiger partial charge in [-0.3, -0.25) is 0 Å². The fraction of sp³-hybridized carbons (Fsp3) is 0.0909. The molecule has 0 aliphatic heterocycles. The maximum absolute atomic E-state index is 12.6. The van der Waals surface area contributed by atoms with E-state index in [1.165, 1.54) is 12.1 Å². The molecule has 0 aliphatic rings. The summed E-state index contributed by atoms with van der Waals surface area (Å²) in [6, 6.07) is 2.16. The van der Waals surface area contributed by atoms with Gasteiger partial charge in [0.2, 0.25) is 0 Å². The van der Waals surface area contributed by atoms with Crippen LogP contribution < -0.4 is 5.73 Å². The minimum Gasteiger partial charge on any atom is -0.398 e. The molecule has 0 spiro atoms. The Labute approximate surface area is 85.7 Å². The second-order valence-electron chi connectivity index (χ2n) is 2.94. The Morgan fingerprint density at radius 2 is 1.60 bits per heavy atom. The van der Waals surface area contributed by atoms with Crippen LogP contribution in [0, 0.1) is 0 Å². The first-order chi connectivity index (χ1) is 6.91. The fourth-order valence-electron chi connectivity index (χ4n) is 1.35. The first-order valence-electron chi connectivity index (χ1n) is 4.16. The number of benzene rings is 1. The highest BCUT2D eigenvalue weighted by atomic mass is 19.4. The minimum absolute atomic E-state index is 0.0301. The summed E-state index contributed by atoms with van der Waals surface area (Å²) in [5.74, 6) is 0. The molecule has 0 atom stereocenters. The maximum Gasteiger partial charge on any atom is 0.417 e. The molecule has 2 N–H and O–H groups in total. The number of hydrogen-bond acceptors (Lipinski definition) is 1. The van der Waals surface area contributed by atoms with E-state index >= 15 is 0 Å². The van der Waals surface area contributed by atoms with E-state index in [2.05, 4.69) is 13.2 Å². The molecule has 0 amide bonds. The van der Waals surface area contributed by atoms with Gasteiger partial charge in [0.15, 0.2) is 0 Å². The third-order valence-corrected chi connectivity index (χ3v) is 2.03. The lowest BCUT2D eigenvalue weighted by atomic mass is 9.99. The average Bonchev–Trinajstić information content (AvgIpc) is 2.15. The quantitative estimate of drug-likeness (QED) is 0.746. The largest absolute Gasteiger partial charge is 0.417 e. The van der Waals surface area contributed by atoms with Crippen molar-refractivity contribution in [1.29, 1.82) is 0 Å². The molecule has 80 valence electrons. The molecule has 0 aliphatic carbocycles. The summed E-state index contributed by atoms with van der Waals surface area (Å²) >= 11 is 0. The van der Waals surface area contributed by atoms with Gasteiger partial charge in [0.05, 0.1) is 5.56 Å². The van der Waals surface area contributed by atoms with Gasteiger partial charge in [-0.1, -0.05) is 25.3 Å². The zero-order valence-corrected chi connectivity index (χ0v) is 7.93. The average molecular weight is 213 g/mol. The van der Waals surface area contributed by atoms with Crippen molar-refractivity contribution >= 4 is 17.8 Å². The normalized spacial score (nSPS) is 11.1. The van der Waals surface area contributed by atoms with E-state index in [0.29, 0.717) is 0 Å². The van der Waals surface area contributed by atoms with Crippen LogP contribution in [0.3, 0.4) is 0 Å². The second-order valence-corrected chi connectivity index (χ2v) is 2.94. The molecule has 1 aromatic rings. The Kier molecular flexibility index (Phi) is 2.88. The molecule has 0 heterocycles. The van der Waals surface area contributed by atoms with Gasteiger partial charge < -0.3 is 5.73 Å². The summed E-state index contributed by atoms with van der Waals surface area (Å²) in [7, 11) is 0. The zero-order valence-electron chi connectivity index (χ0n) is 7.93. The number of halogens is 3. The molecule has 0 saturated heterocycles. The molecule has 0 bridgehead atoms. The summed E-state index contributed by atoms with van der Waals surface area (Å²) in [6.07, 6.45) is -1.98. The van der Waals surface area contributed by atoms with E-state index in [1.54, 1.807) is 0 Å². The predicted octanol–water partition coefficient (Wildman–Crippen LogP) is 3.57. The van der Waals surface area contributed by atoms with Crippen molar-refractivity contribution in [2.75, 3.05) is 5.73 Å². The van der Waals surface area contributed by atoms with Crippen LogP contribution in [0.4, 0.5) is 18.9 Å². The Hall–Kier alpha value is -1.71.